The van der Waals surface area contributed by atoms with Crippen molar-refractivity contribution < 1.29 is 27.5 Å². The van der Waals surface area contributed by atoms with Crippen LogP contribution in [0, 0.1) is 5.92 Å². The normalized spacial score (nSPS) is 22.0. The molecule has 2 aromatic carbocycles. The number of anilines is 2. The Bertz CT molecular complexity index is 1300. The van der Waals surface area contributed by atoms with Gasteiger partial charge in [-0.15, -0.1) is 13.2 Å². The number of aromatic nitrogens is 1. The second-order valence-corrected chi connectivity index (χ2v) is 8.68. The van der Waals surface area contributed by atoms with E-state index in [0.717, 1.165) is 22.6 Å². The number of carbonyl (C=O) groups excluding carboxylic acids is 2. The highest BCUT2D eigenvalue weighted by atomic mass is 35.5. The first-order valence-corrected chi connectivity index (χ1v) is 10.7. The standard InChI is InChI=1S/C24H17ClF3N3O3/c1-14-13-23(14)21(32)30(17-5-7-19(8-6-17)34-24(26,27)28)22(33)31(23)18-9-10-29-20(12-18)15-3-2-4-16(25)11-15/h2-12,14H,13H2,1H3. The van der Waals surface area contributed by atoms with Crippen LogP contribution in [0.1, 0.15) is 13.3 Å². The van der Waals surface area contributed by atoms with Gasteiger partial charge >= 0.3 is 12.4 Å². The maximum absolute atomic E-state index is 13.5. The molecule has 2 atom stereocenters. The molecule has 3 aromatic rings. The summed E-state index contributed by atoms with van der Waals surface area (Å²) in [5.74, 6) is -0.956. The Morgan fingerprint density at radius 3 is 2.38 bits per heavy atom. The quantitative estimate of drug-likeness (QED) is 0.420. The van der Waals surface area contributed by atoms with Crippen molar-refractivity contribution in [1.29, 1.82) is 0 Å². The molecule has 34 heavy (non-hydrogen) atoms. The van der Waals surface area contributed by atoms with Crippen LogP contribution in [0.25, 0.3) is 11.3 Å². The van der Waals surface area contributed by atoms with Gasteiger partial charge in [0.2, 0.25) is 0 Å². The molecule has 1 saturated heterocycles. The molecule has 2 unspecified atom stereocenters. The molecule has 2 heterocycles. The highest BCUT2D eigenvalue weighted by Gasteiger charge is 2.70. The summed E-state index contributed by atoms with van der Waals surface area (Å²) in [6.07, 6.45) is -2.82. The van der Waals surface area contributed by atoms with E-state index in [-0.39, 0.29) is 11.6 Å². The van der Waals surface area contributed by atoms with Crippen molar-refractivity contribution in [2.45, 2.75) is 25.2 Å². The average molecular weight is 488 g/mol. The first-order chi connectivity index (χ1) is 16.1. The second kappa shape index (κ2) is 7.73. The number of imide groups is 1. The smallest absolute Gasteiger partial charge is 0.406 e. The van der Waals surface area contributed by atoms with Crippen molar-refractivity contribution in [3.05, 3.63) is 71.9 Å². The summed E-state index contributed by atoms with van der Waals surface area (Å²) < 4.78 is 41.3. The minimum atomic E-state index is -4.84. The summed E-state index contributed by atoms with van der Waals surface area (Å²) in [5.41, 5.74) is 0.936. The molecule has 1 aliphatic carbocycles. The fraction of sp³-hybridized carbons (Fsp3) is 0.208. The number of benzene rings is 2. The predicted molar refractivity (Wildman–Crippen MR) is 120 cm³/mol. The number of pyridine rings is 1. The first kappa shape index (κ1) is 22.2. The fourth-order valence-electron chi connectivity index (χ4n) is 4.39. The van der Waals surface area contributed by atoms with E-state index in [4.69, 9.17) is 11.6 Å². The number of amides is 3. The van der Waals surface area contributed by atoms with Crippen LogP contribution in [0.3, 0.4) is 0 Å². The van der Waals surface area contributed by atoms with E-state index in [1.807, 2.05) is 13.0 Å². The molecule has 0 bridgehead atoms. The van der Waals surface area contributed by atoms with Crippen molar-refractivity contribution in [2.75, 3.05) is 9.80 Å². The third-order valence-corrected chi connectivity index (χ3v) is 6.31. The summed E-state index contributed by atoms with van der Waals surface area (Å²) >= 11 is 6.10. The molecule has 0 N–H and O–H groups in total. The Balaban J connectivity index is 1.51. The SMILES string of the molecule is CC1CC12C(=O)N(c1ccc(OC(F)(F)F)cc1)C(=O)N2c1ccnc(-c2cccc(Cl)c2)c1. The Morgan fingerprint density at radius 1 is 1.06 bits per heavy atom. The van der Waals surface area contributed by atoms with Gasteiger partial charge in [-0.3, -0.25) is 14.7 Å². The molecule has 2 aliphatic rings. The Morgan fingerprint density at radius 2 is 1.76 bits per heavy atom. The lowest BCUT2D eigenvalue weighted by molar-refractivity contribution is -0.274. The molecule has 1 saturated carbocycles. The maximum atomic E-state index is 13.5. The molecule has 1 spiro atoms. The number of alkyl halides is 3. The van der Waals surface area contributed by atoms with Crippen molar-refractivity contribution in [3.63, 3.8) is 0 Å². The second-order valence-electron chi connectivity index (χ2n) is 8.24. The van der Waals surface area contributed by atoms with Crippen LogP contribution in [-0.2, 0) is 4.79 Å². The molecular weight excluding hydrogens is 471 g/mol. The zero-order chi connectivity index (χ0) is 24.3. The summed E-state index contributed by atoms with van der Waals surface area (Å²) in [7, 11) is 0. The minimum absolute atomic E-state index is 0.0930. The van der Waals surface area contributed by atoms with E-state index in [9.17, 15) is 22.8 Å². The summed E-state index contributed by atoms with van der Waals surface area (Å²) in [6, 6.07) is 14.5. The molecule has 0 radical (unpaired) electrons. The highest BCUT2D eigenvalue weighted by Crippen LogP contribution is 2.55. The molecule has 2 fully saturated rings. The van der Waals surface area contributed by atoms with Gasteiger partial charge in [-0.05, 0) is 60.9 Å². The van der Waals surface area contributed by atoms with Gasteiger partial charge in [0.25, 0.3) is 5.91 Å². The van der Waals surface area contributed by atoms with Gasteiger partial charge in [-0.1, -0.05) is 30.7 Å². The predicted octanol–water partition coefficient (Wildman–Crippen LogP) is 6.05. The Labute approximate surface area is 197 Å². The molecule has 5 rings (SSSR count). The lowest BCUT2D eigenvalue weighted by Crippen LogP contribution is -2.39. The van der Waals surface area contributed by atoms with Crippen LogP contribution < -0.4 is 14.5 Å². The number of halogens is 4. The van der Waals surface area contributed by atoms with Crippen LogP contribution in [0.15, 0.2) is 66.9 Å². The van der Waals surface area contributed by atoms with Crippen LogP contribution >= 0.6 is 11.6 Å². The zero-order valence-electron chi connectivity index (χ0n) is 17.7. The minimum Gasteiger partial charge on any atom is -0.406 e. The van der Waals surface area contributed by atoms with Gasteiger partial charge < -0.3 is 4.74 Å². The van der Waals surface area contributed by atoms with E-state index >= 15 is 0 Å². The third kappa shape index (κ3) is 3.66. The molecule has 174 valence electrons. The lowest BCUT2D eigenvalue weighted by atomic mass is 10.1. The van der Waals surface area contributed by atoms with Crippen molar-refractivity contribution in [3.8, 4) is 17.0 Å². The number of ether oxygens (including phenoxy) is 1. The summed E-state index contributed by atoms with van der Waals surface area (Å²) in [5, 5.41) is 0.536. The largest absolute Gasteiger partial charge is 0.573 e. The Kier molecular flexibility index (Phi) is 5.05. The maximum Gasteiger partial charge on any atom is 0.573 e. The number of rotatable bonds is 4. The van der Waals surface area contributed by atoms with Crippen molar-refractivity contribution in [2.24, 2.45) is 5.92 Å². The van der Waals surface area contributed by atoms with Crippen molar-refractivity contribution in [1.82, 2.24) is 4.98 Å². The van der Waals surface area contributed by atoms with E-state index in [1.165, 1.54) is 17.0 Å². The van der Waals surface area contributed by atoms with Crippen LogP contribution in [0.2, 0.25) is 5.02 Å². The molecule has 1 aromatic heterocycles. The Hall–Kier alpha value is -3.59. The van der Waals surface area contributed by atoms with Gasteiger partial charge in [-0.2, -0.15) is 0 Å². The highest BCUT2D eigenvalue weighted by molar-refractivity contribution is 6.32. The number of hydrogen-bond donors (Lipinski definition) is 0. The van der Waals surface area contributed by atoms with Gasteiger partial charge in [0.15, 0.2) is 0 Å². The zero-order valence-corrected chi connectivity index (χ0v) is 18.5. The van der Waals surface area contributed by atoms with E-state index in [0.29, 0.717) is 22.8 Å². The van der Waals surface area contributed by atoms with Gasteiger partial charge in [0.05, 0.1) is 17.1 Å². The van der Waals surface area contributed by atoms with Gasteiger partial charge in [0.1, 0.15) is 11.3 Å². The van der Waals surface area contributed by atoms with Crippen molar-refractivity contribution >= 4 is 34.9 Å². The number of hydrogen-bond acceptors (Lipinski definition) is 4. The molecule has 1 aliphatic heterocycles. The van der Waals surface area contributed by atoms with Crippen LogP contribution in [0.4, 0.5) is 29.3 Å². The molecule has 6 nitrogen and oxygen atoms in total. The van der Waals surface area contributed by atoms with Gasteiger partial charge in [-0.25, -0.2) is 9.69 Å². The van der Waals surface area contributed by atoms with Gasteiger partial charge in [0, 0.05) is 16.8 Å². The lowest BCUT2D eigenvalue weighted by Gasteiger charge is -2.22. The monoisotopic (exact) mass is 487 g/mol. The summed E-state index contributed by atoms with van der Waals surface area (Å²) in [4.78, 5) is 33.8. The van der Waals surface area contributed by atoms with Crippen LogP contribution in [-0.4, -0.2) is 28.8 Å². The summed E-state index contributed by atoms with van der Waals surface area (Å²) in [6.45, 7) is 1.88. The molecule has 10 heteroatoms. The molecule has 3 amide bonds. The number of nitrogens with zero attached hydrogens (tertiary/aromatic N) is 3. The van der Waals surface area contributed by atoms with Crippen LogP contribution in [0.5, 0.6) is 5.75 Å². The van der Waals surface area contributed by atoms with E-state index in [2.05, 4.69) is 9.72 Å². The van der Waals surface area contributed by atoms with E-state index in [1.54, 1.807) is 36.5 Å². The topological polar surface area (TPSA) is 62.7 Å². The third-order valence-electron chi connectivity index (χ3n) is 6.08. The number of urea groups is 1. The average Bonchev–Trinajstić information content (AvgIpc) is 3.39. The van der Waals surface area contributed by atoms with E-state index < -0.39 is 29.6 Å². The number of carbonyl (C=O) groups is 2. The fourth-order valence-corrected chi connectivity index (χ4v) is 4.58. The first-order valence-electron chi connectivity index (χ1n) is 10.4. The molecular formula is C24H17ClF3N3O3.